The van der Waals surface area contributed by atoms with Crippen molar-refractivity contribution in [2.75, 3.05) is 19.0 Å². The quantitative estimate of drug-likeness (QED) is 0.725. The molecule has 1 atom stereocenters. The average Bonchev–Trinajstić information content (AvgIpc) is 2.83. The number of ether oxygens (including phenoxy) is 1. The van der Waals surface area contributed by atoms with Crippen LogP contribution >= 0.6 is 12.2 Å². The molecule has 96 valence electrons. The molecule has 0 amide bonds. The third-order valence-corrected chi connectivity index (χ3v) is 2.66. The first kappa shape index (κ1) is 12.7. The number of hydrogen-bond donors (Lipinski definition) is 3. The predicted octanol–water partition coefficient (Wildman–Crippen LogP) is 2.49. The number of benzene rings is 1. The van der Waals surface area contributed by atoms with Gasteiger partial charge in [-0.15, -0.1) is 0 Å². The Bertz CT molecular complexity index is 547. The van der Waals surface area contributed by atoms with E-state index < -0.39 is 6.10 Å². The molecule has 0 fully saturated rings. The van der Waals surface area contributed by atoms with Crippen molar-refractivity contribution < 1.29 is 14.3 Å². The highest BCUT2D eigenvalue weighted by molar-refractivity contribution is 7.71. The van der Waals surface area contributed by atoms with E-state index in [2.05, 4.69) is 10.3 Å². The molecule has 1 aromatic carbocycles. The van der Waals surface area contributed by atoms with Crippen LogP contribution in [0.5, 0.6) is 5.75 Å². The highest BCUT2D eigenvalue weighted by Crippen LogP contribution is 2.17. The smallest absolute Gasteiger partial charge is 0.266 e. The van der Waals surface area contributed by atoms with Crippen LogP contribution in [0.1, 0.15) is 11.9 Å². The minimum atomic E-state index is -0.750. The number of nitrogens with one attached hydrogen (secondary N) is 2. The van der Waals surface area contributed by atoms with Crippen molar-refractivity contribution in [1.82, 2.24) is 4.98 Å². The fraction of sp³-hybridized carbons (Fsp3) is 0.250. The first-order chi connectivity index (χ1) is 8.69. The molecule has 18 heavy (non-hydrogen) atoms. The average molecular weight is 266 g/mol. The van der Waals surface area contributed by atoms with Gasteiger partial charge in [0.05, 0.1) is 7.11 Å². The van der Waals surface area contributed by atoms with Crippen LogP contribution in [-0.4, -0.2) is 23.7 Å². The number of aromatic amines is 1. The van der Waals surface area contributed by atoms with E-state index in [0.717, 1.165) is 11.4 Å². The summed E-state index contributed by atoms with van der Waals surface area (Å²) in [6.45, 7) is 0.336. The van der Waals surface area contributed by atoms with Gasteiger partial charge in [-0.05, 0) is 36.5 Å². The maximum Gasteiger partial charge on any atom is 0.266 e. The summed E-state index contributed by atoms with van der Waals surface area (Å²) in [7, 11) is 1.62. The van der Waals surface area contributed by atoms with Crippen LogP contribution < -0.4 is 10.1 Å². The van der Waals surface area contributed by atoms with Gasteiger partial charge in [-0.2, -0.15) is 0 Å². The molecule has 0 saturated carbocycles. The summed E-state index contributed by atoms with van der Waals surface area (Å²) in [5, 5.41) is 12.9. The number of aromatic nitrogens is 1. The number of oxazole rings is 1. The Balaban J connectivity index is 1.92. The van der Waals surface area contributed by atoms with E-state index in [-0.39, 0.29) is 4.84 Å². The molecule has 0 aliphatic rings. The second-order valence-corrected chi connectivity index (χ2v) is 4.08. The molecule has 0 bridgehead atoms. The van der Waals surface area contributed by atoms with Crippen LogP contribution in [0.4, 0.5) is 5.69 Å². The van der Waals surface area contributed by atoms with Gasteiger partial charge in [0.2, 0.25) is 0 Å². The Morgan fingerprint density at radius 2 is 2.17 bits per heavy atom. The Kier molecular flexibility index (Phi) is 4.01. The van der Waals surface area contributed by atoms with E-state index in [1.807, 2.05) is 24.3 Å². The van der Waals surface area contributed by atoms with Crippen molar-refractivity contribution in [2.45, 2.75) is 6.10 Å². The summed E-state index contributed by atoms with van der Waals surface area (Å²) in [5.41, 5.74) is 0.893. The van der Waals surface area contributed by atoms with Gasteiger partial charge in [0, 0.05) is 18.4 Å². The number of hydrogen-bond acceptors (Lipinski definition) is 5. The Morgan fingerprint density at radius 1 is 1.44 bits per heavy atom. The first-order valence-electron chi connectivity index (χ1n) is 5.43. The lowest BCUT2D eigenvalue weighted by Crippen LogP contribution is -2.11. The molecule has 1 aromatic heterocycles. The minimum absolute atomic E-state index is 0.258. The van der Waals surface area contributed by atoms with Crippen LogP contribution in [0.25, 0.3) is 0 Å². The van der Waals surface area contributed by atoms with Gasteiger partial charge in [-0.25, -0.2) is 0 Å². The fourth-order valence-corrected chi connectivity index (χ4v) is 1.64. The number of H-pyrrole nitrogens is 1. The van der Waals surface area contributed by atoms with Crippen LogP contribution in [-0.2, 0) is 0 Å². The van der Waals surface area contributed by atoms with E-state index in [0.29, 0.717) is 12.3 Å². The summed E-state index contributed by atoms with van der Waals surface area (Å²) in [6, 6.07) is 7.43. The SMILES string of the molecule is COc1ccc(NCC(O)c2c[nH]c(=S)o2)cc1. The molecule has 3 N–H and O–H groups in total. The molecular weight excluding hydrogens is 252 g/mol. The molecule has 1 unspecified atom stereocenters. The maximum absolute atomic E-state index is 9.85. The number of aliphatic hydroxyl groups is 1. The molecule has 0 spiro atoms. The van der Waals surface area contributed by atoms with Crippen LogP contribution in [0, 0.1) is 4.84 Å². The van der Waals surface area contributed by atoms with Gasteiger partial charge < -0.3 is 24.6 Å². The molecule has 2 rings (SSSR count). The first-order valence-corrected chi connectivity index (χ1v) is 5.84. The Labute approximate surface area is 109 Å². The van der Waals surface area contributed by atoms with Gasteiger partial charge >= 0.3 is 0 Å². The summed E-state index contributed by atoms with van der Waals surface area (Å²) in [5.74, 6) is 1.21. The Hall–Kier alpha value is -1.79. The topological polar surface area (TPSA) is 70.4 Å². The van der Waals surface area contributed by atoms with Gasteiger partial charge in [-0.3, -0.25) is 0 Å². The van der Waals surface area contributed by atoms with Crippen LogP contribution in [0.15, 0.2) is 34.9 Å². The largest absolute Gasteiger partial charge is 0.497 e. The summed E-state index contributed by atoms with van der Waals surface area (Å²) >= 11 is 4.79. The third-order valence-electron chi connectivity index (χ3n) is 2.46. The van der Waals surface area contributed by atoms with Gasteiger partial charge in [0.15, 0.2) is 5.76 Å². The second kappa shape index (κ2) is 5.70. The van der Waals surface area contributed by atoms with Gasteiger partial charge in [0.1, 0.15) is 11.9 Å². The lowest BCUT2D eigenvalue weighted by Gasteiger charge is -2.10. The number of anilines is 1. The van der Waals surface area contributed by atoms with E-state index in [1.54, 1.807) is 13.3 Å². The zero-order valence-corrected chi connectivity index (χ0v) is 10.7. The number of rotatable bonds is 5. The highest BCUT2D eigenvalue weighted by atomic mass is 32.1. The minimum Gasteiger partial charge on any atom is -0.497 e. The molecule has 6 heteroatoms. The number of methoxy groups -OCH3 is 1. The molecular formula is C12H14N2O3S. The van der Waals surface area contributed by atoms with Gasteiger partial charge in [-0.1, -0.05) is 0 Å². The lowest BCUT2D eigenvalue weighted by molar-refractivity contribution is 0.161. The predicted molar refractivity (Wildman–Crippen MR) is 70.3 cm³/mol. The molecule has 0 radical (unpaired) electrons. The monoisotopic (exact) mass is 266 g/mol. The molecule has 5 nitrogen and oxygen atoms in total. The van der Waals surface area contributed by atoms with Crippen molar-refractivity contribution in [3.63, 3.8) is 0 Å². The third kappa shape index (κ3) is 3.12. The molecule has 0 aliphatic heterocycles. The number of aliphatic hydroxyl groups excluding tert-OH is 1. The van der Waals surface area contributed by atoms with Gasteiger partial charge in [0.25, 0.3) is 4.84 Å². The van der Waals surface area contributed by atoms with Crippen molar-refractivity contribution in [3.8, 4) is 5.75 Å². The zero-order chi connectivity index (χ0) is 13.0. The Morgan fingerprint density at radius 3 is 2.72 bits per heavy atom. The standard InChI is InChI=1S/C12H14N2O3S/c1-16-9-4-2-8(3-5-9)13-6-10(15)11-7-14-12(18)17-11/h2-5,7,10,13,15H,6H2,1H3,(H,14,18). The van der Waals surface area contributed by atoms with Crippen molar-refractivity contribution in [3.05, 3.63) is 41.1 Å². The van der Waals surface area contributed by atoms with Crippen LogP contribution in [0.2, 0.25) is 0 Å². The summed E-state index contributed by atoms with van der Waals surface area (Å²) in [6.07, 6.45) is 0.808. The van der Waals surface area contributed by atoms with E-state index in [9.17, 15) is 5.11 Å². The van der Waals surface area contributed by atoms with Crippen molar-refractivity contribution >= 4 is 17.9 Å². The van der Waals surface area contributed by atoms with E-state index in [4.69, 9.17) is 21.4 Å². The van der Waals surface area contributed by atoms with E-state index in [1.165, 1.54) is 0 Å². The second-order valence-electron chi connectivity index (χ2n) is 3.71. The normalized spacial score (nSPS) is 12.1. The molecule has 1 heterocycles. The molecule has 0 saturated heterocycles. The van der Waals surface area contributed by atoms with Crippen molar-refractivity contribution in [1.29, 1.82) is 0 Å². The summed E-state index contributed by atoms with van der Waals surface area (Å²) < 4.78 is 10.2. The maximum atomic E-state index is 9.85. The molecule has 2 aromatic rings. The lowest BCUT2D eigenvalue weighted by atomic mass is 10.2. The summed E-state index contributed by atoms with van der Waals surface area (Å²) in [4.78, 5) is 2.96. The highest BCUT2D eigenvalue weighted by Gasteiger charge is 2.10. The van der Waals surface area contributed by atoms with E-state index >= 15 is 0 Å². The zero-order valence-electron chi connectivity index (χ0n) is 9.84. The van der Waals surface area contributed by atoms with Crippen molar-refractivity contribution in [2.24, 2.45) is 0 Å². The fourth-order valence-electron chi connectivity index (χ4n) is 1.48. The molecule has 0 aliphatic carbocycles. The van der Waals surface area contributed by atoms with Crippen LogP contribution in [0.3, 0.4) is 0 Å².